The lowest BCUT2D eigenvalue weighted by molar-refractivity contribution is 0.0691. The fourth-order valence-electron chi connectivity index (χ4n) is 1.82. The van der Waals surface area contributed by atoms with Crippen molar-refractivity contribution in [3.05, 3.63) is 21.9 Å². The predicted octanol–water partition coefficient (Wildman–Crippen LogP) is 2.34. The minimum absolute atomic E-state index is 0.376. The SMILES string of the molecule is O=C(O)c1sccc1C1CCOCC1. The van der Waals surface area contributed by atoms with E-state index in [-0.39, 0.29) is 0 Å². The van der Waals surface area contributed by atoms with E-state index in [1.165, 1.54) is 11.3 Å². The molecule has 2 heterocycles. The Kier molecular flexibility index (Phi) is 2.84. The van der Waals surface area contributed by atoms with Crippen LogP contribution in [0.25, 0.3) is 0 Å². The minimum atomic E-state index is -0.804. The van der Waals surface area contributed by atoms with Crippen LogP contribution in [0.5, 0.6) is 0 Å². The van der Waals surface area contributed by atoms with Gasteiger partial charge in [0.1, 0.15) is 4.88 Å². The van der Waals surface area contributed by atoms with Crippen LogP contribution >= 0.6 is 11.3 Å². The summed E-state index contributed by atoms with van der Waals surface area (Å²) in [6.07, 6.45) is 1.88. The standard InChI is InChI=1S/C10H12O3S/c11-10(12)9-8(3-6-14-9)7-1-4-13-5-2-7/h3,6-7H,1-2,4-5H2,(H,11,12). The van der Waals surface area contributed by atoms with Gasteiger partial charge in [-0.05, 0) is 35.8 Å². The first kappa shape index (κ1) is 9.68. The van der Waals surface area contributed by atoms with Crippen molar-refractivity contribution in [3.8, 4) is 0 Å². The Labute approximate surface area is 86.3 Å². The molecule has 1 aromatic rings. The molecule has 1 fully saturated rings. The molecule has 76 valence electrons. The quantitative estimate of drug-likeness (QED) is 0.818. The van der Waals surface area contributed by atoms with Gasteiger partial charge in [0.15, 0.2) is 0 Å². The fraction of sp³-hybridized carbons (Fsp3) is 0.500. The molecule has 0 spiro atoms. The summed E-state index contributed by atoms with van der Waals surface area (Å²) in [6.45, 7) is 1.50. The number of carboxylic acids is 1. The second kappa shape index (κ2) is 4.11. The number of carboxylic acid groups (broad SMARTS) is 1. The molecule has 0 aromatic carbocycles. The third-order valence-corrected chi connectivity index (χ3v) is 3.47. The molecular formula is C10H12O3S. The summed E-state index contributed by atoms with van der Waals surface area (Å²) >= 11 is 1.31. The Morgan fingerprint density at radius 3 is 2.86 bits per heavy atom. The molecule has 1 N–H and O–H groups in total. The maximum Gasteiger partial charge on any atom is 0.346 e. The number of hydrogen-bond acceptors (Lipinski definition) is 3. The zero-order valence-electron chi connectivity index (χ0n) is 7.73. The van der Waals surface area contributed by atoms with Crippen LogP contribution in [-0.2, 0) is 4.74 Å². The highest BCUT2D eigenvalue weighted by Gasteiger charge is 2.22. The van der Waals surface area contributed by atoms with E-state index in [2.05, 4.69) is 0 Å². The summed E-state index contributed by atoms with van der Waals surface area (Å²) in [5.41, 5.74) is 0.991. The van der Waals surface area contributed by atoms with Gasteiger partial charge in [0.2, 0.25) is 0 Å². The van der Waals surface area contributed by atoms with Crippen LogP contribution < -0.4 is 0 Å². The second-order valence-corrected chi connectivity index (χ2v) is 4.31. The Morgan fingerprint density at radius 2 is 2.21 bits per heavy atom. The molecule has 14 heavy (non-hydrogen) atoms. The summed E-state index contributed by atoms with van der Waals surface area (Å²) in [6, 6.07) is 1.93. The monoisotopic (exact) mass is 212 g/mol. The van der Waals surface area contributed by atoms with Crippen LogP contribution in [0.2, 0.25) is 0 Å². The summed E-state index contributed by atoms with van der Waals surface area (Å²) in [5.74, 6) is -0.428. The van der Waals surface area contributed by atoms with Gasteiger partial charge in [0, 0.05) is 13.2 Å². The van der Waals surface area contributed by atoms with Crippen LogP contribution in [0.1, 0.15) is 34.0 Å². The van der Waals surface area contributed by atoms with Crippen LogP contribution in [0.3, 0.4) is 0 Å². The normalized spacial score (nSPS) is 18.3. The smallest absolute Gasteiger partial charge is 0.346 e. The molecule has 1 aliphatic rings. The summed E-state index contributed by atoms with van der Waals surface area (Å²) in [7, 11) is 0. The van der Waals surface area contributed by atoms with Crippen molar-refractivity contribution in [2.75, 3.05) is 13.2 Å². The Hall–Kier alpha value is -0.870. The van der Waals surface area contributed by atoms with E-state index < -0.39 is 5.97 Å². The van der Waals surface area contributed by atoms with Gasteiger partial charge in [-0.3, -0.25) is 0 Å². The third kappa shape index (κ3) is 1.81. The van der Waals surface area contributed by atoms with E-state index in [0.29, 0.717) is 10.8 Å². The Morgan fingerprint density at radius 1 is 1.50 bits per heavy atom. The fourth-order valence-corrected chi connectivity index (χ4v) is 2.65. The van der Waals surface area contributed by atoms with E-state index in [1.807, 2.05) is 11.4 Å². The maximum atomic E-state index is 10.9. The van der Waals surface area contributed by atoms with Gasteiger partial charge in [-0.15, -0.1) is 11.3 Å². The first-order valence-corrected chi connectivity index (χ1v) is 5.55. The second-order valence-electron chi connectivity index (χ2n) is 3.40. The van der Waals surface area contributed by atoms with E-state index in [0.717, 1.165) is 31.6 Å². The molecule has 0 unspecified atom stereocenters. The lowest BCUT2D eigenvalue weighted by Crippen LogP contribution is -2.15. The molecule has 0 radical (unpaired) electrons. The van der Waals surface area contributed by atoms with Crippen molar-refractivity contribution in [3.63, 3.8) is 0 Å². The first-order valence-electron chi connectivity index (χ1n) is 4.67. The molecule has 4 heteroatoms. The number of ether oxygens (including phenoxy) is 1. The number of rotatable bonds is 2. The van der Waals surface area contributed by atoms with Crippen molar-refractivity contribution >= 4 is 17.3 Å². The molecule has 1 aliphatic heterocycles. The van der Waals surface area contributed by atoms with Crippen LogP contribution in [0, 0.1) is 0 Å². The van der Waals surface area contributed by atoms with Gasteiger partial charge < -0.3 is 9.84 Å². The molecule has 1 saturated heterocycles. The first-order chi connectivity index (χ1) is 6.79. The Balaban J connectivity index is 2.21. The average molecular weight is 212 g/mol. The van der Waals surface area contributed by atoms with Gasteiger partial charge in [-0.25, -0.2) is 4.79 Å². The zero-order valence-corrected chi connectivity index (χ0v) is 8.55. The van der Waals surface area contributed by atoms with Gasteiger partial charge >= 0.3 is 5.97 Å². The van der Waals surface area contributed by atoms with Crippen LogP contribution in [-0.4, -0.2) is 24.3 Å². The highest BCUT2D eigenvalue weighted by atomic mass is 32.1. The largest absolute Gasteiger partial charge is 0.477 e. The van der Waals surface area contributed by atoms with Crippen molar-refractivity contribution in [1.29, 1.82) is 0 Å². The number of carbonyl (C=O) groups is 1. The summed E-state index contributed by atoms with van der Waals surface area (Å²) in [5, 5.41) is 10.8. The van der Waals surface area contributed by atoms with Crippen molar-refractivity contribution in [1.82, 2.24) is 0 Å². The predicted molar refractivity (Wildman–Crippen MR) is 54.1 cm³/mol. The topological polar surface area (TPSA) is 46.5 Å². The minimum Gasteiger partial charge on any atom is -0.477 e. The molecule has 0 saturated carbocycles. The van der Waals surface area contributed by atoms with Gasteiger partial charge in [-0.1, -0.05) is 0 Å². The number of aromatic carboxylic acids is 1. The van der Waals surface area contributed by atoms with Crippen molar-refractivity contribution in [2.45, 2.75) is 18.8 Å². The van der Waals surface area contributed by atoms with Crippen molar-refractivity contribution < 1.29 is 14.6 Å². The van der Waals surface area contributed by atoms with Gasteiger partial charge in [0.25, 0.3) is 0 Å². The molecule has 2 rings (SSSR count). The van der Waals surface area contributed by atoms with E-state index in [9.17, 15) is 4.79 Å². The zero-order chi connectivity index (χ0) is 9.97. The lowest BCUT2D eigenvalue weighted by Gasteiger charge is -2.21. The van der Waals surface area contributed by atoms with E-state index in [1.54, 1.807) is 0 Å². The molecule has 0 bridgehead atoms. The maximum absolute atomic E-state index is 10.9. The van der Waals surface area contributed by atoms with E-state index >= 15 is 0 Å². The van der Waals surface area contributed by atoms with E-state index in [4.69, 9.17) is 9.84 Å². The van der Waals surface area contributed by atoms with Crippen LogP contribution in [0.15, 0.2) is 11.4 Å². The average Bonchev–Trinajstić information content (AvgIpc) is 2.67. The third-order valence-electron chi connectivity index (χ3n) is 2.55. The molecule has 0 amide bonds. The molecular weight excluding hydrogens is 200 g/mol. The summed E-state index contributed by atoms with van der Waals surface area (Å²) < 4.78 is 5.25. The van der Waals surface area contributed by atoms with Crippen molar-refractivity contribution in [2.24, 2.45) is 0 Å². The molecule has 0 aliphatic carbocycles. The lowest BCUT2D eigenvalue weighted by atomic mass is 9.92. The number of thiophene rings is 1. The van der Waals surface area contributed by atoms with Crippen LogP contribution in [0.4, 0.5) is 0 Å². The highest BCUT2D eigenvalue weighted by molar-refractivity contribution is 7.12. The summed E-state index contributed by atoms with van der Waals surface area (Å²) in [4.78, 5) is 11.4. The van der Waals surface area contributed by atoms with Gasteiger partial charge in [-0.2, -0.15) is 0 Å². The molecule has 1 aromatic heterocycles. The Bertz CT molecular complexity index is 326. The number of hydrogen-bond donors (Lipinski definition) is 1. The highest BCUT2D eigenvalue weighted by Crippen LogP contribution is 2.32. The van der Waals surface area contributed by atoms with Gasteiger partial charge in [0.05, 0.1) is 0 Å². The molecule has 3 nitrogen and oxygen atoms in total. The molecule has 0 atom stereocenters.